The molecule has 2 atom stereocenters. The summed E-state index contributed by atoms with van der Waals surface area (Å²) in [6, 6.07) is 21.7. The highest BCUT2D eigenvalue weighted by Crippen LogP contribution is 2.31. The molecule has 6 heterocycles. The molecule has 0 radical (unpaired) electrons. The molecule has 342 valence electrons. The number of aromatic nitrogens is 5. The summed E-state index contributed by atoms with van der Waals surface area (Å²) < 4.78 is 1.87. The highest BCUT2D eigenvalue weighted by Gasteiger charge is 2.39. The molecule has 0 saturated carbocycles. The van der Waals surface area contributed by atoms with Gasteiger partial charge in [-0.3, -0.25) is 34.2 Å². The molecule has 17 heteroatoms. The van der Waals surface area contributed by atoms with Crippen LogP contribution < -0.4 is 20.9 Å². The molecular weight excluding hydrogens is 837 g/mol. The van der Waals surface area contributed by atoms with Gasteiger partial charge in [-0.25, -0.2) is 9.97 Å². The summed E-state index contributed by atoms with van der Waals surface area (Å²) in [7, 11) is 1.88. The highest BCUT2D eigenvalue weighted by atomic mass is 16.2. The Balaban J connectivity index is 0.689. The van der Waals surface area contributed by atoms with Crippen LogP contribution in [0.25, 0.3) is 11.5 Å². The number of piperazine rings is 1. The Kier molecular flexibility index (Phi) is 13.1. The van der Waals surface area contributed by atoms with Gasteiger partial charge < -0.3 is 29.9 Å². The van der Waals surface area contributed by atoms with Gasteiger partial charge in [0, 0.05) is 93.5 Å². The molecule has 3 aromatic carbocycles. The van der Waals surface area contributed by atoms with E-state index in [1.165, 1.54) is 6.33 Å². The van der Waals surface area contributed by atoms with Crippen molar-refractivity contribution in [2.75, 3.05) is 56.0 Å². The number of rotatable bonds is 14. The topological polar surface area (TPSA) is 191 Å². The van der Waals surface area contributed by atoms with Crippen molar-refractivity contribution in [1.29, 1.82) is 0 Å². The molecule has 5 amide bonds. The third-order valence-electron chi connectivity index (χ3n) is 13.6. The van der Waals surface area contributed by atoms with E-state index in [1.807, 2.05) is 72.0 Å². The van der Waals surface area contributed by atoms with E-state index in [-0.39, 0.29) is 42.0 Å². The Bertz CT molecular complexity index is 2600. The fourth-order valence-corrected chi connectivity index (χ4v) is 9.62. The monoisotopic (exact) mass is 892 g/mol. The molecule has 5 aromatic rings. The zero-order valence-electron chi connectivity index (χ0n) is 37.5. The van der Waals surface area contributed by atoms with Crippen molar-refractivity contribution < 1.29 is 24.0 Å². The Morgan fingerprint density at radius 1 is 0.879 bits per heavy atom. The van der Waals surface area contributed by atoms with Crippen LogP contribution in [0.1, 0.15) is 99.5 Å². The number of nitrogens with one attached hydrogen (secondary N) is 3. The van der Waals surface area contributed by atoms with E-state index in [9.17, 15) is 24.0 Å². The van der Waals surface area contributed by atoms with E-state index >= 15 is 0 Å². The van der Waals surface area contributed by atoms with Crippen LogP contribution in [-0.2, 0) is 29.7 Å². The van der Waals surface area contributed by atoms with Crippen LogP contribution in [0.4, 0.5) is 11.4 Å². The number of carbonyl (C=O) groups is 5. The first-order valence-electron chi connectivity index (χ1n) is 23.0. The maximum absolute atomic E-state index is 13.7. The summed E-state index contributed by atoms with van der Waals surface area (Å²) >= 11 is 0. The molecule has 9 rings (SSSR count). The standard InChI is InChI=1S/C49H56N12O5/c1-32(53-46(63)35-8-4-10-38(27-35)51-29-43-55-56-45(57(43)2)41-15-18-50-31-52-41)34-7-3-9-36(26-34)48(65)60-20-16-33(17-21-60)6-5-19-58-22-24-59(25-23-58)39-11-12-40-37(28-39)30-61(49(40)66)42-13-14-44(62)54-47(42)64/h3-4,7-12,15,18,26-28,31-33,42,51H,5-6,13-14,16-17,19-25,29-30H2,1-2H3,(H,53,63)(H,54,62,64)/t32-,42?/m1/s1. The average Bonchev–Trinajstić information content (AvgIpc) is 3.88. The fraction of sp³-hybridized carbons (Fsp3) is 0.408. The molecule has 3 fully saturated rings. The minimum absolute atomic E-state index is 0.0270. The van der Waals surface area contributed by atoms with Gasteiger partial charge in [-0.15, -0.1) is 10.2 Å². The number of carbonyl (C=O) groups excluding carboxylic acids is 5. The van der Waals surface area contributed by atoms with Crippen LogP contribution in [0.15, 0.2) is 85.3 Å². The van der Waals surface area contributed by atoms with Gasteiger partial charge in [-0.2, -0.15) is 0 Å². The first-order valence-corrected chi connectivity index (χ1v) is 23.0. The van der Waals surface area contributed by atoms with Crippen molar-refractivity contribution >= 4 is 40.9 Å². The van der Waals surface area contributed by atoms with Crippen LogP contribution in [0.3, 0.4) is 0 Å². The van der Waals surface area contributed by atoms with Crippen LogP contribution in [-0.4, -0.2) is 121 Å². The van der Waals surface area contributed by atoms with Gasteiger partial charge in [0.2, 0.25) is 11.8 Å². The summed E-state index contributed by atoms with van der Waals surface area (Å²) in [6.45, 7) is 8.98. The van der Waals surface area contributed by atoms with E-state index in [4.69, 9.17) is 0 Å². The van der Waals surface area contributed by atoms with E-state index in [0.717, 1.165) is 94.0 Å². The predicted octanol–water partition coefficient (Wildman–Crippen LogP) is 4.59. The van der Waals surface area contributed by atoms with Gasteiger partial charge in [-0.05, 0) is 117 Å². The number of imide groups is 1. The van der Waals surface area contributed by atoms with Gasteiger partial charge in [0.25, 0.3) is 17.7 Å². The lowest BCUT2D eigenvalue weighted by Crippen LogP contribution is -2.52. The quantitative estimate of drug-likeness (QED) is 0.132. The van der Waals surface area contributed by atoms with Crippen LogP contribution in [0.5, 0.6) is 0 Å². The number of hydrogen-bond acceptors (Lipinski definition) is 12. The first-order chi connectivity index (χ1) is 32.1. The molecule has 0 spiro atoms. The molecule has 66 heavy (non-hydrogen) atoms. The molecule has 1 unspecified atom stereocenters. The first kappa shape index (κ1) is 44.2. The van der Waals surface area contributed by atoms with Crippen molar-refractivity contribution in [2.45, 2.75) is 70.6 Å². The summed E-state index contributed by atoms with van der Waals surface area (Å²) in [5.74, 6) is 0.935. The number of nitrogens with zero attached hydrogens (tertiary/aromatic N) is 9. The summed E-state index contributed by atoms with van der Waals surface area (Å²) in [5.41, 5.74) is 6.13. The molecule has 0 aliphatic carbocycles. The zero-order chi connectivity index (χ0) is 45.7. The van der Waals surface area contributed by atoms with Crippen LogP contribution in [0, 0.1) is 5.92 Å². The zero-order valence-corrected chi connectivity index (χ0v) is 37.5. The van der Waals surface area contributed by atoms with Gasteiger partial charge in [0.05, 0.1) is 12.6 Å². The number of fused-ring (bicyclic) bond motifs is 1. The lowest BCUT2D eigenvalue weighted by Gasteiger charge is -2.37. The van der Waals surface area contributed by atoms with Gasteiger partial charge >= 0.3 is 0 Å². The Morgan fingerprint density at radius 2 is 1.68 bits per heavy atom. The second-order valence-corrected chi connectivity index (χ2v) is 17.8. The molecule has 3 saturated heterocycles. The van der Waals surface area contributed by atoms with E-state index < -0.39 is 6.04 Å². The second-order valence-electron chi connectivity index (χ2n) is 17.8. The molecule has 3 N–H and O–H groups in total. The second kappa shape index (κ2) is 19.6. The Morgan fingerprint density at radius 3 is 2.47 bits per heavy atom. The van der Waals surface area contributed by atoms with Crippen LogP contribution in [0.2, 0.25) is 0 Å². The fourth-order valence-electron chi connectivity index (χ4n) is 9.62. The lowest BCUT2D eigenvalue weighted by molar-refractivity contribution is -0.136. The smallest absolute Gasteiger partial charge is 0.255 e. The molecule has 4 aliphatic heterocycles. The molecular formula is C49H56N12O5. The number of benzene rings is 3. The number of hydrogen-bond donors (Lipinski definition) is 3. The van der Waals surface area contributed by atoms with E-state index in [0.29, 0.717) is 59.5 Å². The van der Waals surface area contributed by atoms with Crippen molar-refractivity contribution in [3.8, 4) is 11.5 Å². The highest BCUT2D eigenvalue weighted by molar-refractivity contribution is 6.05. The maximum Gasteiger partial charge on any atom is 0.255 e. The number of anilines is 2. The Labute approximate surface area is 384 Å². The van der Waals surface area contributed by atoms with Crippen LogP contribution >= 0.6 is 0 Å². The predicted molar refractivity (Wildman–Crippen MR) is 247 cm³/mol. The van der Waals surface area contributed by atoms with Crippen molar-refractivity contribution in [3.05, 3.63) is 119 Å². The van der Waals surface area contributed by atoms with Gasteiger partial charge in [0.15, 0.2) is 11.6 Å². The van der Waals surface area contributed by atoms with E-state index in [2.05, 4.69) is 52.0 Å². The van der Waals surface area contributed by atoms with E-state index in [1.54, 1.807) is 29.3 Å². The average molecular weight is 893 g/mol. The minimum atomic E-state index is -0.609. The lowest BCUT2D eigenvalue weighted by atomic mass is 9.91. The Hall–Kier alpha value is -7.01. The normalized spacial score (nSPS) is 18.5. The number of piperidine rings is 2. The minimum Gasteiger partial charge on any atom is -0.378 e. The number of amides is 5. The third-order valence-corrected chi connectivity index (χ3v) is 13.6. The number of likely N-dealkylation sites (tertiary alicyclic amines) is 1. The maximum atomic E-state index is 13.7. The van der Waals surface area contributed by atoms with Gasteiger partial charge in [0.1, 0.15) is 18.1 Å². The molecule has 0 bridgehead atoms. The van der Waals surface area contributed by atoms with Crippen molar-refractivity contribution in [2.24, 2.45) is 13.0 Å². The summed E-state index contributed by atoms with van der Waals surface area (Å²) in [5, 5.41) is 17.4. The van der Waals surface area contributed by atoms with Crippen molar-refractivity contribution in [3.63, 3.8) is 0 Å². The largest absolute Gasteiger partial charge is 0.378 e. The molecule has 4 aliphatic rings. The third kappa shape index (κ3) is 9.80. The van der Waals surface area contributed by atoms with Gasteiger partial charge in [-0.1, -0.05) is 18.2 Å². The summed E-state index contributed by atoms with van der Waals surface area (Å²) in [4.78, 5) is 81.1. The molecule has 2 aromatic heterocycles. The SMILES string of the molecule is C[C@@H](NC(=O)c1cccc(NCc2nnc(-c3ccncn3)n2C)c1)c1cccc(C(=O)N2CCC(CCCN3CCN(c4ccc5c(c4)CN(C4CCC(=O)NC4=O)C5=O)CC3)CC2)c1. The van der Waals surface area contributed by atoms with Crippen molar-refractivity contribution in [1.82, 2.24) is 50.1 Å². The molecule has 17 nitrogen and oxygen atoms in total. The summed E-state index contributed by atoms with van der Waals surface area (Å²) in [6.07, 6.45) is 7.99.